The monoisotopic (exact) mass is 523 g/mol. The summed E-state index contributed by atoms with van der Waals surface area (Å²) in [7, 11) is 0. The Morgan fingerprint density at radius 2 is 1.54 bits per heavy atom. The number of hydrogen-bond acceptors (Lipinski definition) is 3. The number of benzene rings is 3. The van der Waals surface area contributed by atoms with Crippen LogP contribution in [0.3, 0.4) is 0 Å². The third kappa shape index (κ3) is 7.56. The molecule has 0 aliphatic carbocycles. The molecule has 11 heteroatoms. The lowest BCUT2D eigenvalue weighted by molar-refractivity contribution is -0.192. The number of alkyl halides is 6. The fourth-order valence-electron chi connectivity index (χ4n) is 3.31. The van der Waals surface area contributed by atoms with Crippen molar-refractivity contribution in [3.05, 3.63) is 77.9 Å². The third-order valence-corrected chi connectivity index (χ3v) is 5.19. The number of carbonyl (C=O) groups is 1. The molecule has 0 fully saturated rings. The van der Waals surface area contributed by atoms with Gasteiger partial charge in [0.15, 0.2) is 0 Å². The number of fused-ring (bicyclic) bond motifs is 1. The third-order valence-electron chi connectivity index (χ3n) is 5.19. The quantitative estimate of drug-likeness (QED) is 0.245. The minimum Gasteiger partial charge on any atom is -0.475 e. The Kier molecular flexibility index (Phi) is 8.27. The molecule has 1 heterocycles. The standard InChI is InChI=1S/C24H22F3N3.C2HF3O2/c1-15(2)28-14-16-6-8-17(9-7-16)18-4-3-5-19(12-18)23-29-21-11-10-20(24(25,26)27)13-22(21)30-23;3-2(4,5)1(6)7/h3-13,15,28H,14H2,1-2H3,(H,29,30);(H,6,7). The largest absolute Gasteiger partial charge is 0.490 e. The number of aromatic amines is 1. The molecule has 196 valence electrons. The van der Waals surface area contributed by atoms with Crippen molar-refractivity contribution in [2.24, 2.45) is 0 Å². The highest BCUT2D eigenvalue weighted by atomic mass is 19.4. The molecule has 37 heavy (non-hydrogen) atoms. The van der Waals surface area contributed by atoms with Gasteiger partial charge in [-0.05, 0) is 41.0 Å². The van der Waals surface area contributed by atoms with E-state index in [1.807, 2.05) is 24.3 Å². The lowest BCUT2D eigenvalue weighted by atomic mass is 10.0. The van der Waals surface area contributed by atoms with E-state index in [4.69, 9.17) is 9.90 Å². The number of halogens is 6. The summed E-state index contributed by atoms with van der Waals surface area (Å²) in [6.45, 7) is 5.04. The lowest BCUT2D eigenvalue weighted by Crippen LogP contribution is -2.21. The molecular formula is C26H23F6N3O2. The first-order chi connectivity index (χ1) is 17.2. The van der Waals surface area contributed by atoms with Gasteiger partial charge in [-0.15, -0.1) is 0 Å². The fourth-order valence-corrected chi connectivity index (χ4v) is 3.31. The Morgan fingerprint density at radius 1 is 0.919 bits per heavy atom. The topological polar surface area (TPSA) is 78.0 Å². The van der Waals surface area contributed by atoms with Crippen LogP contribution in [0.4, 0.5) is 26.3 Å². The van der Waals surface area contributed by atoms with Crippen LogP contribution >= 0.6 is 0 Å². The molecule has 4 aromatic rings. The van der Waals surface area contributed by atoms with Crippen LogP contribution in [0, 0.1) is 0 Å². The second kappa shape index (κ2) is 11.0. The number of carboxylic acids is 1. The van der Waals surface area contributed by atoms with Crippen molar-refractivity contribution in [1.82, 2.24) is 15.3 Å². The average molecular weight is 523 g/mol. The summed E-state index contributed by atoms with van der Waals surface area (Å²) in [5.41, 5.74) is 4.31. The molecule has 0 saturated carbocycles. The highest BCUT2D eigenvalue weighted by Gasteiger charge is 2.38. The molecule has 4 rings (SSSR count). The number of nitrogens with one attached hydrogen (secondary N) is 2. The van der Waals surface area contributed by atoms with Gasteiger partial charge < -0.3 is 15.4 Å². The minimum atomic E-state index is -5.08. The number of nitrogens with zero attached hydrogens (tertiary/aromatic N) is 1. The van der Waals surface area contributed by atoms with Gasteiger partial charge in [0.2, 0.25) is 0 Å². The second-order valence-electron chi connectivity index (χ2n) is 8.43. The van der Waals surface area contributed by atoms with Crippen LogP contribution in [0.5, 0.6) is 0 Å². The van der Waals surface area contributed by atoms with E-state index < -0.39 is 23.9 Å². The van der Waals surface area contributed by atoms with Gasteiger partial charge in [0.1, 0.15) is 5.82 Å². The Morgan fingerprint density at radius 3 is 2.11 bits per heavy atom. The Balaban J connectivity index is 0.000000479. The number of rotatable bonds is 5. The van der Waals surface area contributed by atoms with Crippen molar-refractivity contribution < 1.29 is 36.2 Å². The Hall–Kier alpha value is -3.86. The van der Waals surface area contributed by atoms with Crippen LogP contribution in [0.25, 0.3) is 33.5 Å². The van der Waals surface area contributed by atoms with Gasteiger partial charge in [-0.2, -0.15) is 26.3 Å². The van der Waals surface area contributed by atoms with E-state index in [1.165, 1.54) is 11.6 Å². The van der Waals surface area contributed by atoms with Gasteiger partial charge in [-0.25, -0.2) is 9.78 Å². The van der Waals surface area contributed by atoms with Crippen LogP contribution in [-0.4, -0.2) is 33.3 Å². The molecule has 0 saturated heterocycles. The molecule has 0 bridgehead atoms. The molecule has 0 atom stereocenters. The second-order valence-corrected chi connectivity index (χ2v) is 8.43. The lowest BCUT2D eigenvalue weighted by Gasteiger charge is -2.09. The van der Waals surface area contributed by atoms with Crippen LogP contribution in [0.15, 0.2) is 66.7 Å². The van der Waals surface area contributed by atoms with Gasteiger partial charge in [-0.1, -0.05) is 56.3 Å². The summed E-state index contributed by atoms with van der Waals surface area (Å²) < 4.78 is 70.6. The summed E-state index contributed by atoms with van der Waals surface area (Å²) in [5.74, 6) is -2.21. The molecule has 1 aromatic heterocycles. The van der Waals surface area contributed by atoms with Crippen molar-refractivity contribution in [2.45, 2.75) is 38.8 Å². The molecule has 3 aromatic carbocycles. The number of aromatic nitrogens is 2. The first-order valence-corrected chi connectivity index (χ1v) is 11.0. The zero-order chi connectivity index (χ0) is 27.4. The maximum absolute atomic E-state index is 13.0. The van der Waals surface area contributed by atoms with Crippen LogP contribution in [0.2, 0.25) is 0 Å². The SMILES string of the molecule is CC(C)NCc1ccc(-c2cccc(-c3nc4ccc(C(F)(F)F)cc4[nH]3)c2)cc1.O=C(O)C(F)(F)F. The van der Waals surface area contributed by atoms with Gasteiger partial charge in [0.05, 0.1) is 16.6 Å². The Labute approximate surface area is 208 Å². The summed E-state index contributed by atoms with van der Waals surface area (Å²) in [4.78, 5) is 16.4. The van der Waals surface area contributed by atoms with E-state index in [9.17, 15) is 26.3 Å². The van der Waals surface area contributed by atoms with E-state index in [0.29, 0.717) is 22.9 Å². The predicted molar refractivity (Wildman–Crippen MR) is 128 cm³/mol. The number of carboxylic acid groups (broad SMARTS) is 1. The Bertz CT molecular complexity index is 1360. The number of hydrogen-bond donors (Lipinski definition) is 3. The first kappa shape index (κ1) is 27.7. The maximum atomic E-state index is 13.0. The van der Waals surface area contributed by atoms with E-state index >= 15 is 0 Å². The highest BCUT2D eigenvalue weighted by Crippen LogP contribution is 2.32. The molecule has 3 N–H and O–H groups in total. The molecule has 0 aliphatic rings. The van der Waals surface area contributed by atoms with Gasteiger partial charge in [0, 0.05) is 18.2 Å². The molecule has 0 amide bonds. The molecule has 0 radical (unpaired) electrons. The van der Waals surface area contributed by atoms with Crippen molar-refractivity contribution in [3.8, 4) is 22.5 Å². The number of aliphatic carboxylic acids is 1. The van der Waals surface area contributed by atoms with Crippen LogP contribution in [-0.2, 0) is 17.5 Å². The predicted octanol–water partition coefficient (Wildman–Crippen LogP) is 7.05. The molecule has 0 unspecified atom stereocenters. The summed E-state index contributed by atoms with van der Waals surface area (Å²) >= 11 is 0. The zero-order valence-electron chi connectivity index (χ0n) is 19.7. The molecule has 0 spiro atoms. The maximum Gasteiger partial charge on any atom is 0.490 e. The van der Waals surface area contributed by atoms with Crippen molar-refractivity contribution in [3.63, 3.8) is 0 Å². The average Bonchev–Trinajstić information content (AvgIpc) is 3.26. The number of imidazole rings is 1. The van der Waals surface area contributed by atoms with Crippen molar-refractivity contribution in [1.29, 1.82) is 0 Å². The normalized spacial score (nSPS) is 11.9. The fraction of sp³-hybridized carbons (Fsp3) is 0.231. The van der Waals surface area contributed by atoms with E-state index in [0.717, 1.165) is 35.4 Å². The van der Waals surface area contributed by atoms with Gasteiger partial charge in [-0.3, -0.25) is 0 Å². The number of H-pyrrole nitrogens is 1. The van der Waals surface area contributed by atoms with E-state index in [2.05, 4.69) is 53.4 Å². The smallest absolute Gasteiger partial charge is 0.475 e. The van der Waals surface area contributed by atoms with Crippen LogP contribution < -0.4 is 5.32 Å². The highest BCUT2D eigenvalue weighted by molar-refractivity contribution is 5.81. The summed E-state index contributed by atoms with van der Waals surface area (Å²) in [6, 6.07) is 20.1. The first-order valence-electron chi connectivity index (χ1n) is 11.0. The van der Waals surface area contributed by atoms with Crippen LogP contribution in [0.1, 0.15) is 25.0 Å². The van der Waals surface area contributed by atoms with Gasteiger partial charge >= 0.3 is 18.3 Å². The van der Waals surface area contributed by atoms with Gasteiger partial charge in [0.25, 0.3) is 0 Å². The zero-order valence-corrected chi connectivity index (χ0v) is 19.7. The van der Waals surface area contributed by atoms with E-state index in [1.54, 1.807) is 0 Å². The van der Waals surface area contributed by atoms with E-state index in [-0.39, 0.29) is 0 Å². The molecular weight excluding hydrogens is 500 g/mol. The molecule has 0 aliphatic heterocycles. The summed E-state index contributed by atoms with van der Waals surface area (Å²) in [6.07, 6.45) is -9.46. The van der Waals surface area contributed by atoms with Crippen molar-refractivity contribution in [2.75, 3.05) is 0 Å². The minimum absolute atomic E-state index is 0.368. The molecule has 5 nitrogen and oxygen atoms in total. The summed E-state index contributed by atoms with van der Waals surface area (Å²) in [5, 5.41) is 10.5. The van der Waals surface area contributed by atoms with Crippen molar-refractivity contribution >= 4 is 17.0 Å².